The molecule has 0 rings (SSSR count). The number of hydrogen-bond acceptors (Lipinski definition) is 0. The zero-order valence-electron chi connectivity index (χ0n) is 1.82. The summed E-state index contributed by atoms with van der Waals surface area (Å²) in [5.74, 6) is 0. The molecule has 0 aliphatic rings. The van der Waals surface area contributed by atoms with Gasteiger partial charge in [0.05, 0.1) is 0 Å². The SMILES string of the molecule is [Ce+3].[Ce+4].[O-2].[O-2]. The van der Waals surface area contributed by atoms with E-state index in [4.69, 9.17) is 0 Å². The van der Waals surface area contributed by atoms with E-state index < -0.39 is 0 Å². The van der Waals surface area contributed by atoms with E-state index in [-0.39, 0.29) is 94.4 Å². The number of rotatable bonds is 0. The largest absolute Gasteiger partial charge is 4.00 e. The Kier molecular flexibility index (Phi) is 130. The first-order valence-corrected chi connectivity index (χ1v) is 0. The maximum absolute atomic E-state index is 0. The molecule has 4 heavy (non-hydrogen) atoms. The van der Waals surface area contributed by atoms with Crippen LogP contribution in [0, 0.1) is 83.5 Å². The zero-order valence-corrected chi connectivity index (χ0v) is 8.10. The second-order valence-corrected chi connectivity index (χ2v) is 0. The Morgan fingerprint density at radius 1 is 0.750 bits per heavy atom. The van der Waals surface area contributed by atoms with Crippen LogP contribution in [-0.2, 0) is 11.0 Å². The van der Waals surface area contributed by atoms with Crippen LogP contribution in [0.5, 0.6) is 0 Å². The van der Waals surface area contributed by atoms with E-state index in [1.807, 2.05) is 0 Å². The summed E-state index contributed by atoms with van der Waals surface area (Å²) in [6, 6.07) is 0. The van der Waals surface area contributed by atoms with Gasteiger partial charge in [-0.15, -0.1) is 0 Å². The van der Waals surface area contributed by atoms with Gasteiger partial charge in [0.2, 0.25) is 0 Å². The first kappa shape index (κ1) is 30.1. The van der Waals surface area contributed by atoms with Gasteiger partial charge in [0, 0.05) is 0 Å². The number of hydrogen-bond donors (Lipinski definition) is 0. The van der Waals surface area contributed by atoms with Gasteiger partial charge in [0.15, 0.2) is 0 Å². The summed E-state index contributed by atoms with van der Waals surface area (Å²) in [4.78, 5) is 0. The minimum Gasteiger partial charge on any atom is -2.00 e. The molecule has 4 heteroatoms. The first-order chi connectivity index (χ1) is 0. The van der Waals surface area contributed by atoms with Crippen molar-refractivity contribution in [3.8, 4) is 0 Å². The van der Waals surface area contributed by atoms with Crippen LogP contribution in [0.25, 0.3) is 0 Å². The molecule has 0 aromatic rings. The van der Waals surface area contributed by atoms with E-state index in [9.17, 15) is 0 Å². The van der Waals surface area contributed by atoms with E-state index >= 15 is 0 Å². The minimum absolute atomic E-state index is 0. The second-order valence-electron chi connectivity index (χ2n) is 0. The normalized spacial score (nSPS) is 0. The molecule has 0 fully saturated rings. The molecule has 0 aliphatic heterocycles. The second kappa shape index (κ2) is 17.3. The Bertz CT molecular complexity index is 4.00. The van der Waals surface area contributed by atoms with Crippen LogP contribution >= 0.6 is 0 Å². The van der Waals surface area contributed by atoms with Crippen LogP contribution < -0.4 is 0 Å². The van der Waals surface area contributed by atoms with Crippen molar-refractivity contribution >= 4 is 0 Å². The van der Waals surface area contributed by atoms with Crippen molar-refractivity contribution in [1.29, 1.82) is 0 Å². The molecule has 0 bridgehead atoms. The Labute approximate surface area is 92.1 Å². The van der Waals surface area contributed by atoms with Gasteiger partial charge >= 0.3 is 83.5 Å². The van der Waals surface area contributed by atoms with E-state index in [0.29, 0.717) is 0 Å². The summed E-state index contributed by atoms with van der Waals surface area (Å²) in [7, 11) is 0. The smallest absolute Gasteiger partial charge is 2.00 e. The molecule has 0 aromatic heterocycles. The molecule has 0 saturated carbocycles. The summed E-state index contributed by atoms with van der Waals surface area (Å²) in [5, 5.41) is 0. The van der Waals surface area contributed by atoms with Crippen molar-refractivity contribution in [3.63, 3.8) is 0 Å². The minimum atomic E-state index is 0. The molecule has 0 aromatic carbocycles. The van der Waals surface area contributed by atoms with E-state index in [2.05, 4.69) is 0 Å². The van der Waals surface area contributed by atoms with E-state index in [1.54, 1.807) is 0 Å². The zero-order chi connectivity index (χ0) is 0. The maximum Gasteiger partial charge on any atom is 4.00 e. The molecule has 1 radical (unpaired) electrons. The van der Waals surface area contributed by atoms with Crippen molar-refractivity contribution in [2.45, 2.75) is 0 Å². The Balaban J connectivity index is 0. The monoisotopic (exact) mass is 312 g/mol. The Morgan fingerprint density at radius 2 is 0.750 bits per heavy atom. The van der Waals surface area contributed by atoms with Crippen molar-refractivity contribution < 1.29 is 94.4 Å². The molecule has 2 nitrogen and oxygen atoms in total. The fourth-order valence-electron chi connectivity index (χ4n) is 0. The molecule has 0 aliphatic carbocycles. The van der Waals surface area contributed by atoms with E-state index in [1.165, 1.54) is 0 Å². The molecule has 0 atom stereocenters. The van der Waals surface area contributed by atoms with Crippen LogP contribution in [0.2, 0.25) is 0 Å². The third-order valence-electron chi connectivity index (χ3n) is 0. The standard InChI is InChI=1S/2Ce.2O/q+3;+4;2*-2. The van der Waals surface area contributed by atoms with Crippen LogP contribution in [-0.4, -0.2) is 0 Å². The topological polar surface area (TPSA) is 57.0 Å². The predicted molar refractivity (Wildman–Crippen MR) is 1.37 cm³/mol. The summed E-state index contributed by atoms with van der Waals surface area (Å²) in [5.41, 5.74) is 0. The Morgan fingerprint density at radius 3 is 0.750 bits per heavy atom. The average molecular weight is 312 g/mol. The molecule has 0 N–H and O–H groups in total. The molecular formula is Ce2O2+3. The fraction of sp³-hybridized carbons (Fsp3) is 0. The maximum atomic E-state index is 0. The first-order valence-electron chi connectivity index (χ1n) is 0. The van der Waals surface area contributed by atoms with Gasteiger partial charge in [-0.05, 0) is 0 Å². The van der Waals surface area contributed by atoms with Crippen LogP contribution in [0.15, 0.2) is 0 Å². The van der Waals surface area contributed by atoms with Crippen LogP contribution in [0.4, 0.5) is 0 Å². The van der Waals surface area contributed by atoms with Gasteiger partial charge in [0.1, 0.15) is 0 Å². The summed E-state index contributed by atoms with van der Waals surface area (Å²) < 4.78 is 0. The molecule has 0 spiro atoms. The van der Waals surface area contributed by atoms with Gasteiger partial charge < -0.3 is 11.0 Å². The van der Waals surface area contributed by atoms with Gasteiger partial charge in [-0.1, -0.05) is 0 Å². The molecule has 0 amide bonds. The third-order valence-corrected chi connectivity index (χ3v) is 0. The van der Waals surface area contributed by atoms with Crippen molar-refractivity contribution in [2.75, 3.05) is 0 Å². The summed E-state index contributed by atoms with van der Waals surface area (Å²) >= 11 is 0. The predicted octanol–water partition coefficient (Wildman–Crippen LogP) is -0.238. The third kappa shape index (κ3) is 8.82. The molecule has 0 saturated heterocycles. The molecule has 0 heterocycles. The average Bonchev–Trinajstić information content (AvgIpc) is 0. The molecule has 17 valence electrons. The van der Waals surface area contributed by atoms with Crippen LogP contribution in [0.3, 0.4) is 0 Å². The van der Waals surface area contributed by atoms with E-state index in [0.717, 1.165) is 0 Å². The fourth-order valence-corrected chi connectivity index (χ4v) is 0. The van der Waals surface area contributed by atoms with Crippen molar-refractivity contribution in [3.05, 3.63) is 0 Å². The quantitative estimate of drug-likeness (QED) is 0.593. The van der Waals surface area contributed by atoms with Gasteiger partial charge in [-0.2, -0.15) is 0 Å². The van der Waals surface area contributed by atoms with Gasteiger partial charge in [-0.25, -0.2) is 0 Å². The summed E-state index contributed by atoms with van der Waals surface area (Å²) in [6.07, 6.45) is 0. The van der Waals surface area contributed by atoms with Gasteiger partial charge in [-0.3, -0.25) is 0 Å². The van der Waals surface area contributed by atoms with Crippen molar-refractivity contribution in [1.82, 2.24) is 0 Å². The molecular weight excluding hydrogens is 312 g/mol. The van der Waals surface area contributed by atoms with Crippen LogP contribution in [0.1, 0.15) is 0 Å². The van der Waals surface area contributed by atoms with Crippen molar-refractivity contribution in [2.24, 2.45) is 0 Å². The Hall–Kier alpha value is 2.67. The molecule has 0 unspecified atom stereocenters. The summed E-state index contributed by atoms with van der Waals surface area (Å²) in [6.45, 7) is 0. The van der Waals surface area contributed by atoms with Gasteiger partial charge in [0.25, 0.3) is 0 Å².